The van der Waals surface area contributed by atoms with E-state index in [4.69, 9.17) is 19.9 Å². The lowest BCUT2D eigenvalue weighted by atomic mass is 9.65. The molecule has 144 valence electrons. The van der Waals surface area contributed by atoms with Gasteiger partial charge in [-0.2, -0.15) is 13.7 Å². The molecule has 0 aromatic heterocycles. The molecule has 1 atom stereocenters. The Morgan fingerprint density at radius 2 is 1.69 bits per heavy atom. The lowest BCUT2D eigenvalue weighted by Crippen LogP contribution is -2.40. The van der Waals surface area contributed by atoms with Gasteiger partial charge in [0.1, 0.15) is 15.7 Å². The normalized spacial score (nSPS) is 19.5. The Hall–Kier alpha value is -3.12. The smallest absolute Gasteiger partial charge is 0.304 e. The van der Waals surface area contributed by atoms with Gasteiger partial charge in [-0.25, -0.2) is 0 Å². The van der Waals surface area contributed by atoms with E-state index in [1.807, 2.05) is 6.07 Å². The Morgan fingerprint density at radius 3 is 2.24 bits per heavy atom. The number of ether oxygens (including phenoxy) is 1. The van der Waals surface area contributed by atoms with E-state index in [9.17, 15) is 13.2 Å². The maximum absolute atomic E-state index is 13.0. The molecule has 1 aliphatic heterocycles. The SMILES string of the molecule is BC(B)(c1ccccc1)S(=O)(=O)OC1=C(N)O[C@](B)(c2ccc(C#N)cc2)C1=O. The number of rotatable bonds is 5. The summed E-state index contributed by atoms with van der Waals surface area (Å²) < 4.78 is 35.3. The Morgan fingerprint density at radius 1 is 1.10 bits per heavy atom. The summed E-state index contributed by atoms with van der Waals surface area (Å²) in [7, 11) is 0.142. The lowest BCUT2D eigenvalue weighted by molar-refractivity contribution is -0.126. The fourth-order valence-electron chi connectivity index (χ4n) is 2.97. The summed E-state index contributed by atoms with van der Waals surface area (Å²) in [4.78, 5) is 13.0. The van der Waals surface area contributed by atoms with Crippen LogP contribution in [0.1, 0.15) is 16.7 Å². The van der Waals surface area contributed by atoms with Crippen LogP contribution in [0.4, 0.5) is 0 Å². The average Bonchev–Trinajstić information content (AvgIpc) is 2.92. The molecule has 0 saturated carbocycles. The average molecular weight is 406 g/mol. The Balaban J connectivity index is 1.92. The second-order valence-corrected chi connectivity index (χ2v) is 9.36. The molecule has 29 heavy (non-hydrogen) atoms. The zero-order valence-electron chi connectivity index (χ0n) is 16.2. The van der Waals surface area contributed by atoms with Crippen LogP contribution < -0.4 is 5.73 Å². The topological polar surface area (TPSA) is 119 Å². The molecule has 0 amide bonds. The van der Waals surface area contributed by atoms with Gasteiger partial charge >= 0.3 is 10.1 Å². The Labute approximate surface area is 171 Å². The van der Waals surface area contributed by atoms with Crippen LogP contribution in [-0.2, 0) is 33.9 Å². The van der Waals surface area contributed by atoms with Crippen molar-refractivity contribution < 1.29 is 22.1 Å². The third kappa shape index (κ3) is 3.40. The fraction of sp³-hybridized carbons (Fsp3) is 0.111. The minimum atomic E-state index is -4.29. The number of Topliss-reactive ketones (excluding diaryl/α,β-unsaturated/α-hetero) is 1. The monoisotopic (exact) mass is 406 g/mol. The van der Waals surface area contributed by atoms with Gasteiger partial charge < -0.3 is 14.7 Å². The minimum Gasteiger partial charge on any atom is -0.467 e. The maximum Gasteiger partial charge on any atom is 0.304 e. The second-order valence-electron chi connectivity index (χ2n) is 7.26. The van der Waals surface area contributed by atoms with Gasteiger partial charge in [0.25, 0.3) is 0 Å². The number of nitriles is 1. The van der Waals surface area contributed by atoms with Crippen molar-refractivity contribution in [3.05, 3.63) is 82.9 Å². The van der Waals surface area contributed by atoms with Crippen molar-refractivity contribution in [2.75, 3.05) is 0 Å². The van der Waals surface area contributed by atoms with Crippen LogP contribution in [0.15, 0.2) is 66.2 Å². The molecule has 0 bridgehead atoms. The molecule has 1 heterocycles. The molecule has 0 spiro atoms. The molecule has 0 saturated heterocycles. The number of carbonyl (C=O) groups is 1. The van der Waals surface area contributed by atoms with Crippen molar-refractivity contribution >= 4 is 39.4 Å². The van der Waals surface area contributed by atoms with Crippen LogP contribution in [0.5, 0.6) is 0 Å². The van der Waals surface area contributed by atoms with Crippen LogP contribution in [-0.4, -0.2) is 37.7 Å². The van der Waals surface area contributed by atoms with Crippen LogP contribution in [0.2, 0.25) is 0 Å². The minimum absolute atomic E-state index is 0.408. The highest BCUT2D eigenvalue weighted by Crippen LogP contribution is 2.37. The molecule has 1 aliphatic rings. The van der Waals surface area contributed by atoms with Crippen molar-refractivity contribution in [3.63, 3.8) is 0 Å². The first kappa shape index (κ1) is 20.6. The van der Waals surface area contributed by atoms with E-state index in [1.165, 1.54) is 35.7 Å². The van der Waals surface area contributed by atoms with Gasteiger partial charge in [-0.05, 0) is 23.3 Å². The van der Waals surface area contributed by atoms with Crippen molar-refractivity contribution in [1.29, 1.82) is 5.26 Å². The van der Waals surface area contributed by atoms with E-state index >= 15 is 0 Å². The van der Waals surface area contributed by atoms with Crippen molar-refractivity contribution in [2.45, 2.75) is 10.0 Å². The zero-order valence-corrected chi connectivity index (χ0v) is 17.0. The predicted molar refractivity (Wildman–Crippen MR) is 114 cm³/mol. The Bertz CT molecular complexity index is 1140. The number of ketones is 1. The van der Waals surface area contributed by atoms with Crippen LogP contribution in [0.3, 0.4) is 0 Å². The number of nitrogens with two attached hydrogens (primary N) is 1. The van der Waals surface area contributed by atoms with Gasteiger partial charge in [0.05, 0.1) is 16.2 Å². The summed E-state index contributed by atoms with van der Waals surface area (Å²) in [6, 6.07) is 16.7. The molecule has 0 unspecified atom stereocenters. The van der Waals surface area contributed by atoms with Gasteiger partial charge in [0.2, 0.25) is 17.4 Å². The van der Waals surface area contributed by atoms with Gasteiger partial charge in [0.15, 0.2) is 13.3 Å². The third-order valence-corrected chi connectivity index (χ3v) is 6.90. The number of carbonyl (C=O) groups excluding carboxylic acids is 1. The second kappa shape index (κ2) is 7.05. The molecule has 0 radical (unpaired) electrons. The van der Waals surface area contributed by atoms with Crippen molar-refractivity contribution in [3.8, 4) is 6.07 Å². The Kier molecular flexibility index (Phi) is 5.01. The third-order valence-electron chi connectivity index (χ3n) is 5.03. The van der Waals surface area contributed by atoms with E-state index in [1.54, 1.807) is 42.5 Å². The quantitative estimate of drug-likeness (QED) is 0.474. The van der Waals surface area contributed by atoms with E-state index in [0.717, 1.165) is 0 Å². The van der Waals surface area contributed by atoms with E-state index in [-0.39, 0.29) is 0 Å². The fourth-order valence-corrected chi connectivity index (χ4v) is 3.98. The highest BCUT2D eigenvalue weighted by Gasteiger charge is 2.50. The van der Waals surface area contributed by atoms with Crippen LogP contribution >= 0.6 is 0 Å². The van der Waals surface area contributed by atoms with Gasteiger partial charge in [-0.15, -0.1) is 0 Å². The highest BCUT2D eigenvalue weighted by atomic mass is 32.2. The van der Waals surface area contributed by atoms with E-state index < -0.39 is 37.6 Å². The van der Waals surface area contributed by atoms with Crippen LogP contribution in [0.25, 0.3) is 0 Å². The summed E-state index contributed by atoms with van der Waals surface area (Å²) in [5, 5.41) is 8.93. The summed E-state index contributed by atoms with van der Waals surface area (Å²) in [6.45, 7) is 0. The number of benzene rings is 2. The zero-order chi connectivity index (χ0) is 21.4. The molecule has 2 aromatic carbocycles. The summed E-state index contributed by atoms with van der Waals surface area (Å²) in [6.07, 6.45) is 0. The highest BCUT2D eigenvalue weighted by molar-refractivity contribution is 7.90. The molecule has 2 N–H and O–H groups in total. The van der Waals surface area contributed by atoms with Gasteiger partial charge in [-0.1, -0.05) is 42.5 Å². The molecule has 0 aliphatic carbocycles. The molecular formula is C18H17B3N2O5S. The van der Waals surface area contributed by atoms with Crippen molar-refractivity contribution in [1.82, 2.24) is 0 Å². The molecular weight excluding hydrogens is 389 g/mol. The first-order valence-corrected chi connectivity index (χ1v) is 10.2. The first-order chi connectivity index (χ1) is 13.5. The summed E-state index contributed by atoms with van der Waals surface area (Å²) in [5.41, 5.74) is 5.60. The number of nitrogens with zero attached hydrogens (tertiary/aromatic N) is 1. The van der Waals surface area contributed by atoms with E-state index in [2.05, 4.69) is 0 Å². The largest absolute Gasteiger partial charge is 0.467 e. The number of hydrogen-bond donors (Lipinski definition) is 1. The standard InChI is InChI=1S/C18H17B3N2O5S/c19-17(12-8-6-11(10-22)7-9-12)15(24)14(16(23)27-17)28-29(25,26)18(20,21)13-4-2-1-3-5-13/h1-9H,19-21,23H2/t17-/m1/s1. The molecule has 3 rings (SSSR count). The van der Waals surface area contributed by atoms with E-state index in [0.29, 0.717) is 16.7 Å². The van der Waals surface area contributed by atoms with Crippen LogP contribution in [0, 0.1) is 11.3 Å². The van der Waals surface area contributed by atoms with Crippen molar-refractivity contribution in [2.24, 2.45) is 5.73 Å². The molecule has 0 fully saturated rings. The maximum atomic E-state index is 13.0. The van der Waals surface area contributed by atoms with Gasteiger partial charge in [0, 0.05) is 0 Å². The molecule has 7 nitrogen and oxygen atoms in total. The molecule has 11 heteroatoms. The predicted octanol–water partition coefficient (Wildman–Crippen LogP) is -1.51. The first-order valence-electron chi connectivity index (χ1n) is 8.76. The van der Waals surface area contributed by atoms with Gasteiger partial charge in [-0.3, -0.25) is 4.79 Å². The summed E-state index contributed by atoms with van der Waals surface area (Å²) in [5.74, 6) is -1.68. The summed E-state index contributed by atoms with van der Waals surface area (Å²) >= 11 is 0. The molecule has 2 aromatic rings. The number of hydrogen-bond acceptors (Lipinski definition) is 7. The lowest BCUT2D eigenvalue weighted by Gasteiger charge is -2.25.